The van der Waals surface area contributed by atoms with Gasteiger partial charge in [-0.3, -0.25) is 5.43 Å². The molecule has 4 nitrogen and oxygen atoms in total. The molecule has 1 heterocycles. The van der Waals surface area contributed by atoms with Crippen LogP contribution in [0.3, 0.4) is 0 Å². The third-order valence-corrected chi connectivity index (χ3v) is 3.73. The molecule has 1 aromatic heterocycles. The summed E-state index contributed by atoms with van der Waals surface area (Å²) >= 11 is 6.36. The SMILES string of the molecule is Oc1c(Br)cc(/C=N\Nc2ccc(C(F)(F)F)cn2)cc1Br. The first-order valence-corrected chi connectivity index (χ1v) is 7.36. The molecule has 0 aliphatic rings. The highest BCUT2D eigenvalue weighted by molar-refractivity contribution is 9.11. The topological polar surface area (TPSA) is 57.5 Å². The highest BCUT2D eigenvalue weighted by atomic mass is 79.9. The summed E-state index contributed by atoms with van der Waals surface area (Å²) in [5.41, 5.74) is 2.36. The lowest BCUT2D eigenvalue weighted by atomic mass is 10.2. The van der Waals surface area contributed by atoms with Gasteiger partial charge in [0.15, 0.2) is 0 Å². The van der Waals surface area contributed by atoms with Crippen LogP contribution in [0.25, 0.3) is 0 Å². The van der Waals surface area contributed by atoms with E-state index in [2.05, 4.69) is 47.4 Å². The van der Waals surface area contributed by atoms with E-state index in [4.69, 9.17) is 0 Å². The Balaban J connectivity index is 2.07. The number of alkyl halides is 3. The molecule has 0 fully saturated rings. The first-order chi connectivity index (χ1) is 10.3. The smallest absolute Gasteiger partial charge is 0.417 e. The van der Waals surface area contributed by atoms with Gasteiger partial charge in [-0.05, 0) is 61.7 Å². The monoisotopic (exact) mass is 437 g/mol. The number of nitrogens with zero attached hydrogens (tertiary/aromatic N) is 2. The zero-order chi connectivity index (χ0) is 16.3. The van der Waals surface area contributed by atoms with Crippen LogP contribution in [0.15, 0.2) is 44.5 Å². The van der Waals surface area contributed by atoms with E-state index in [1.807, 2.05) is 0 Å². The van der Waals surface area contributed by atoms with Crippen LogP contribution in [0.4, 0.5) is 19.0 Å². The number of phenolic OH excluding ortho intramolecular Hbond substituents is 1. The average Bonchev–Trinajstić information content (AvgIpc) is 2.44. The minimum absolute atomic E-state index is 0.0644. The normalized spacial score (nSPS) is 11.9. The molecule has 116 valence electrons. The van der Waals surface area contributed by atoms with E-state index in [9.17, 15) is 18.3 Å². The minimum atomic E-state index is -4.42. The van der Waals surface area contributed by atoms with Crippen molar-refractivity contribution in [3.05, 3.63) is 50.5 Å². The van der Waals surface area contributed by atoms with Crippen molar-refractivity contribution < 1.29 is 18.3 Å². The Kier molecular flexibility index (Phi) is 5.07. The Morgan fingerprint density at radius 1 is 1.18 bits per heavy atom. The molecule has 0 radical (unpaired) electrons. The van der Waals surface area contributed by atoms with Crippen molar-refractivity contribution in [3.8, 4) is 5.75 Å². The van der Waals surface area contributed by atoms with Crippen molar-refractivity contribution in [2.24, 2.45) is 5.10 Å². The summed E-state index contributed by atoms with van der Waals surface area (Å²) < 4.78 is 38.1. The summed E-state index contributed by atoms with van der Waals surface area (Å²) in [6.45, 7) is 0. The van der Waals surface area contributed by atoms with Crippen molar-refractivity contribution in [3.63, 3.8) is 0 Å². The molecule has 0 amide bonds. The fourth-order valence-electron chi connectivity index (χ4n) is 1.46. The van der Waals surface area contributed by atoms with Crippen LogP contribution in [0.1, 0.15) is 11.1 Å². The standard InChI is InChI=1S/C13H8Br2F3N3O/c14-9-3-7(4-10(15)12(9)22)5-20-21-11-2-1-8(6-19-11)13(16,17)18/h1-6,22H,(H,19,21)/b20-5-. The maximum absolute atomic E-state index is 12.4. The third kappa shape index (κ3) is 4.20. The van der Waals surface area contributed by atoms with E-state index in [1.165, 1.54) is 12.3 Å². The largest absolute Gasteiger partial charge is 0.506 e. The third-order valence-electron chi connectivity index (χ3n) is 2.52. The van der Waals surface area contributed by atoms with Gasteiger partial charge in [-0.2, -0.15) is 18.3 Å². The summed E-state index contributed by atoms with van der Waals surface area (Å²) in [6.07, 6.45) is -2.25. The number of aromatic hydroxyl groups is 1. The molecule has 0 atom stereocenters. The van der Waals surface area contributed by atoms with Gasteiger partial charge in [-0.25, -0.2) is 4.98 Å². The number of halogens is 5. The molecule has 0 spiro atoms. The Morgan fingerprint density at radius 3 is 2.32 bits per heavy atom. The Hall–Kier alpha value is -1.61. The number of hydrogen-bond acceptors (Lipinski definition) is 4. The fourth-order valence-corrected chi connectivity index (χ4v) is 2.68. The van der Waals surface area contributed by atoms with Gasteiger partial charge >= 0.3 is 6.18 Å². The molecule has 0 saturated heterocycles. The van der Waals surface area contributed by atoms with Crippen LogP contribution in [0.5, 0.6) is 5.75 Å². The fraction of sp³-hybridized carbons (Fsp3) is 0.0769. The van der Waals surface area contributed by atoms with Crippen LogP contribution < -0.4 is 5.43 Å². The van der Waals surface area contributed by atoms with E-state index < -0.39 is 11.7 Å². The Morgan fingerprint density at radius 2 is 1.82 bits per heavy atom. The molecular weight excluding hydrogens is 431 g/mol. The number of aromatic nitrogens is 1. The van der Waals surface area contributed by atoms with E-state index in [-0.39, 0.29) is 11.6 Å². The summed E-state index contributed by atoms with van der Waals surface area (Å²) in [6, 6.07) is 5.36. The number of phenols is 1. The molecule has 2 aromatic rings. The zero-order valence-electron chi connectivity index (χ0n) is 10.7. The molecule has 0 aliphatic heterocycles. The number of hydrogen-bond donors (Lipinski definition) is 2. The zero-order valence-corrected chi connectivity index (χ0v) is 13.9. The van der Waals surface area contributed by atoms with Gasteiger partial charge in [-0.1, -0.05) is 0 Å². The lowest BCUT2D eigenvalue weighted by Gasteiger charge is -2.06. The maximum atomic E-state index is 12.4. The number of nitrogens with one attached hydrogen (secondary N) is 1. The van der Waals surface area contributed by atoms with Crippen LogP contribution in [-0.2, 0) is 6.18 Å². The van der Waals surface area contributed by atoms with Crippen molar-refractivity contribution >= 4 is 43.9 Å². The summed E-state index contributed by atoms with van der Waals surface area (Å²) in [5.74, 6) is 0.246. The second-order valence-corrected chi connectivity index (χ2v) is 5.84. The first kappa shape index (κ1) is 16.8. The summed E-state index contributed by atoms with van der Waals surface area (Å²) in [5, 5.41) is 13.4. The molecule has 2 rings (SSSR count). The highest BCUT2D eigenvalue weighted by Crippen LogP contribution is 2.33. The molecule has 0 aliphatic carbocycles. The van der Waals surface area contributed by atoms with Crippen molar-refractivity contribution in [1.29, 1.82) is 0 Å². The Bertz CT molecular complexity index is 680. The molecule has 0 unspecified atom stereocenters. The number of hydrazone groups is 1. The van der Waals surface area contributed by atoms with Crippen molar-refractivity contribution in [1.82, 2.24) is 4.98 Å². The number of anilines is 1. The van der Waals surface area contributed by atoms with Crippen LogP contribution in [-0.4, -0.2) is 16.3 Å². The van der Waals surface area contributed by atoms with Gasteiger partial charge in [0.25, 0.3) is 0 Å². The van der Waals surface area contributed by atoms with Gasteiger partial charge in [-0.15, -0.1) is 0 Å². The molecule has 2 N–H and O–H groups in total. The highest BCUT2D eigenvalue weighted by Gasteiger charge is 2.30. The predicted octanol–water partition coefficient (Wildman–Crippen LogP) is 4.78. The van der Waals surface area contributed by atoms with E-state index in [0.29, 0.717) is 14.5 Å². The first-order valence-electron chi connectivity index (χ1n) is 5.77. The van der Waals surface area contributed by atoms with Gasteiger partial charge in [0.1, 0.15) is 11.6 Å². The lowest BCUT2D eigenvalue weighted by Crippen LogP contribution is -2.05. The van der Waals surface area contributed by atoms with Gasteiger partial charge in [0.2, 0.25) is 0 Å². The minimum Gasteiger partial charge on any atom is -0.506 e. The second-order valence-electron chi connectivity index (χ2n) is 4.13. The molecular formula is C13H8Br2F3N3O. The van der Waals surface area contributed by atoms with E-state index in [1.54, 1.807) is 12.1 Å². The molecule has 0 bridgehead atoms. The van der Waals surface area contributed by atoms with E-state index in [0.717, 1.165) is 12.3 Å². The number of rotatable bonds is 3. The average molecular weight is 439 g/mol. The Labute approximate surface area is 140 Å². The lowest BCUT2D eigenvalue weighted by molar-refractivity contribution is -0.137. The van der Waals surface area contributed by atoms with Crippen molar-refractivity contribution in [2.45, 2.75) is 6.18 Å². The maximum Gasteiger partial charge on any atom is 0.417 e. The molecule has 9 heteroatoms. The quantitative estimate of drug-likeness (QED) is 0.535. The number of benzene rings is 1. The second kappa shape index (κ2) is 6.66. The van der Waals surface area contributed by atoms with Crippen molar-refractivity contribution in [2.75, 3.05) is 5.43 Å². The van der Waals surface area contributed by atoms with Crippen LogP contribution >= 0.6 is 31.9 Å². The van der Waals surface area contributed by atoms with Gasteiger partial charge in [0.05, 0.1) is 20.7 Å². The molecule has 22 heavy (non-hydrogen) atoms. The van der Waals surface area contributed by atoms with E-state index >= 15 is 0 Å². The summed E-state index contributed by atoms with van der Waals surface area (Å²) in [4.78, 5) is 3.62. The summed E-state index contributed by atoms with van der Waals surface area (Å²) in [7, 11) is 0. The molecule has 1 aromatic carbocycles. The van der Waals surface area contributed by atoms with Gasteiger partial charge < -0.3 is 5.11 Å². The number of pyridine rings is 1. The van der Waals surface area contributed by atoms with Crippen LogP contribution in [0, 0.1) is 0 Å². The predicted molar refractivity (Wildman–Crippen MR) is 84.0 cm³/mol. The van der Waals surface area contributed by atoms with Crippen LogP contribution in [0.2, 0.25) is 0 Å². The molecule has 0 saturated carbocycles. The van der Waals surface area contributed by atoms with Gasteiger partial charge in [0, 0.05) is 6.20 Å².